The largest absolute Gasteiger partial charge is 0.451 e. The van der Waals surface area contributed by atoms with Crippen molar-refractivity contribution in [3.05, 3.63) is 68.1 Å². The van der Waals surface area contributed by atoms with Crippen LogP contribution < -0.4 is 5.32 Å². The number of nitrogens with one attached hydrogen (secondary N) is 1. The van der Waals surface area contributed by atoms with Crippen molar-refractivity contribution in [1.29, 1.82) is 0 Å². The van der Waals surface area contributed by atoms with Crippen LogP contribution in [0.3, 0.4) is 0 Å². The standard InChI is InChI=1S/C16H10BrFN2O4/c1-8-11-6-9(17)2-5-14(11)24-15(8)16(21)19-10-3-4-12(18)13(7-10)20(22)23/h2-7H,1H3,(H,19,21). The Hall–Kier alpha value is -2.74. The highest BCUT2D eigenvalue weighted by atomic mass is 79.9. The summed E-state index contributed by atoms with van der Waals surface area (Å²) in [7, 11) is 0. The highest BCUT2D eigenvalue weighted by molar-refractivity contribution is 9.10. The van der Waals surface area contributed by atoms with Crippen molar-refractivity contribution in [3.8, 4) is 0 Å². The van der Waals surface area contributed by atoms with Gasteiger partial charge in [-0.3, -0.25) is 14.9 Å². The number of rotatable bonds is 3. The molecule has 1 amide bonds. The Morgan fingerprint density at radius 1 is 1.29 bits per heavy atom. The third-order valence-corrected chi connectivity index (χ3v) is 4.00. The van der Waals surface area contributed by atoms with Gasteiger partial charge in [0.05, 0.1) is 4.92 Å². The monoisotopic (exact) mass is 392 g/mol. The van der Waals surface area contributed by atoms with E-state index in [1.165, 1.54) is 6.07 Å². The first-order chi connectivity index (χ1) is 11.4. The number of hydrogen-bond donors (Lipinski definition) is 1. The maximum absolute atomic E-state index is 13.3. The van der Waals surface area contributed by atoms with Crippen molar-refractivity contribution >= 4 is 44.2 Å². The number of anilines is 1. The molecule has 1 N–H and O–H groups in total. The number of carbonyl (C=O) groups excluding carboxylic acids is 1. The second-order valence-corrected chi connectivity index (χ2v) is 5.99. The van der Waals surface area contributed by atoms with Crippen LogP contribution >= 0.6 is 15.9 Å². The van der Waals surface area contributed by atoms with Crippen LogP contribution in [-0.2, 0) is 0 Å². The van der Waals surface area contributed by atoms with Gasteiger partial charge in [0.25, 0.3) is 5.91 Å². The van der Waals surface area contributed by atoms with E-state index < -0.39 is 22.3 Å². The number of hydrogen-bond acceptors (Lipinski definition) is 4. The van der Waals surface area contributed by atoms with E-state index in [9.17, 15) is 19.3 Å². The number of halogens is 2. The van der Waals surface area contributed by atoms with Gasteiger partial charge in [-0.25, -0.2) is 0 Å². The molecular formula is C16H10BrFN2O4. The first-order valence-corrected chi connectivity index (χ1v) is 7.60. The normalized spacial score (nSPS) is 10.8. The molecule has 0 bridgehead atoms. The second kappa shape index (κ2) is 6.04. The van der Waals surface area contributed by atoms with E-state index in [2.05, 4.69) is 21.2 Å². The molecule has 0 radical (unpaired) electrons. The maximum Gasteiger partial charge on any atom is 0.306 e. The van der Waals surface area contributed by atoms with E-state index in [-0.39, 0.29) is 11.4 Å². The van der Waals surface area contributed by atoms with E-state index in [0.717, 1.165) is 22.0 Å². The van der Waals surface area contributed by atoms with Crippen LogP contribution in [0.5, 0.6) is 0 Å². The topological polar surface area (TPSA) is 85.4 Å². The number of nitro benzene ring substituents is 1. The Bertz CT molecular complexity index is 984. The molecule has 6 nitrogen and oxygen atoms in total. The molecule has 0 saturated heterocycles. The Labute approximate surface area is 143 Å². The van der Waals surface area contributed by atoms with Crippen LogP contribution in [-0.4, -0.2) is 10.8 Å². The first-order valence-electron chi connectivity index (χ1n) is 6.81. The van der Waals surface area contributed by atoms with Crippen LogP contribution in [0.4, 0.5) is 15.8 Å². The van der Waals surface area contributed by atoms with Crippen LogP contribution in [0.15, 0.2) is 45.3 Å². The zero-order valence-corrected chi connectivity index (χ0v) is 13.9. The number of amides is 1. The SMILES string of the molecule is Cc1c(C(=O)Nc2ccc(F)c([N+](=O)[O-])c2)oc2ccc(Br)cc12. The molecule has 3 aromatic rings. The summed E-state index contributed by atoms with van der Waals surface area (Å²) in [5.74, 6) is -1.45. The molecule has 122 valence electrons. The van der Waals surface area contributed by atoms with E-state index in [1.54, 1.807) is 19.1 Å². The van der Waals surface area contributed by atoms with E-state index in [0.29, 0.717) is 11.1 Å². The molecule has 3 rings (SSSR count). The number of benzene rings is 2. The zero-order valence-electron chi connectivity index (χ0n) is 12.3. The van der Waals surface area contributed by atoms with Crippen molar-refractivity contribution in [2.75, 3.05) is 5.32 Å². The van der Waals surface area contributed by atoms with E-state index >= 15 is 0 Å². The smallest absolute Gasteiger partial charge is 0.306 e. The van der Waals surface area contributed by atoms with Crippen LogP contribution in [0, 0.1) is 22.9 Å². The minimum atomic E-state index is -0.970. The Morgan fingerprint density at radius 2 is 2.04 bits per heavy atom. The summed E-state index contributed by atoms with van der Waals surface area (Å²) in [4.78, 5) is 22.3. The van der Waals surface area contributed by atoms with Crippen LogP contribution in [0.25, 0.3) is 11.0 Å². The molecule has 0 saturated carbocycles. The summed E-state index contributed by atoms with van der Waals surface area (Å²) in [6, 6.07) is 8.48. The number of furan rings is 1. The van der Waals surface area contributed by atoms with Gasteiger partial charge in [0, 0.05) is 27.2 Å². The minimum absolute atomic E-state index is 0.0927. The molecule has 0 fully saturated rings. The molecule has 8 heteroatoms. The highest BCUT2D eigenvalue weighted by Crippen LogP contribution is 2.29. The lowest BCUT2D eigenvalue weighted by Crippen LogP contribution is -2.12. The summed E-state index contributed by atoms with van der Waals surface area (Å²) < 4.78 is 19.7. The summed E-state index contributed by atoms with van der Waals surface area (Å²) in [5.41, 5.74) is 0.582. The van der Waals surface area contributed by atoms with Gasteiger partial charge in [0.2, 0.25) is 5.82 Å². The number of carbonyl (C=O) groups is 1. The van der Waals surface area contributed by atoms with Crippen molar-refractivity contribution < 1.29 is 18.5 Å². The summed E-state index contributed by atoms with van der Waals surface area (Å²) >= 11 is 3.35. The van der Waals surface area contributed by atoms with Crippen molar-refractivity contribution in [1.82, 2.24) is 0 Å². The van der Waals surface area contributed by atoms with Gasteiger partial charge in [-0.05, 0) is 37.3 Å². The van der Waals surface area contributed by atoms with Gasteiger partial charge in [-0.1, -0.05) is 15.9 Å². The average Bonchev–Trinajstić information content (AvgIpc) is 2.86. The first kappa shape index (κ1) is 16.1. The average molecular weight is 393 g/mol. The molecule has 0 unspecified atom stereocenters. The molecule has 1 heterocycles. The van der Waals surface area contributed by atoms with Crippen LogP contribution in [0.2, 0.25) is 0 Å². The fraction of sp³-hybridized carbons (Fsp3) is 0.0625. The lowest BCUT2D eigenvalue weighted by Gasteiger charge is -2.04. The minimum Gasteiger partial charge on any atom is -0.451 e. The second-order valence-electron chi connectivity index (χ2n) is 5.07. The third-order valence-electron chi connectivity index (χ3n) is 3.51. The van der Waals surface area contributed by atoms with Gasteiger partial charge in [-0.15, -0.1) is 0 Å². The van der Waals surface area contributed by atoms with Crippen molar-refractivity contribution in [2.24, 2.45) is 0 Å². The molecule has 0 atom stereocenters. The van der Waals surface area contributed by atoms with Gasteiger partial charge in [0.1, 0.15) is 5.58 Å². The molecule has 24 heavy (non-hydrogen) atoms. The van der Waals surface area contributed by atoms with Crippen molar-refractivity contribution in [3.63, 3.8) is 0 Å². The lowest BCUT2D eigenvalue weighted by atomic mass is 10.1. The Balaban J connectivity index is 1.94. The molecule has 1 aromatic heterocycles. The predicted octanol–water partition coefficient (Wildman–Crippen LogP) is 4.80. The fourth-order valence-electron chi connectivity index (χ4n) is 2.33. The van der Waals surface area contributed by atoms with Gasteiger partial charge < -0.3 is 9.73 Å². The quantitative estimate of drug-likeness (QED) is 0.512. The summed E-state index contributed by atoms with van der Waals surface area (Å²) in [6.45, 7) is 1.74. The van der Waals surface area contributed by atoms with Crippen molar-refractivity contribution in [2.45, 2.75) is 6.92 Å². The van der Waals surface area contributed by atoms with E-state index in [4.69, 9.17) is 4.42 Å². The molecule has 2 aromatic carbocycles. The zero-order chi connectivity index (χ0) is 17.4. The summed E-state index contributed by atoms with van der Waals surface area (Å²) in [6.07, 6.45) is 0. The lowest BCUT2D eigenvalue weighted by molar-refractivity contribution is -0.387. The third kappa shape index (κ3) is 2.88. The number of nitrogens with zero attached hydrogens (tertiary/aromatic N) is 1. The van der Waals surface area contributed by atoms with Gasteiger partial charge >= 0.3 is 5.69 Å². The molecule has 0 spiro atoms. The maximum atomic E-state index is 13.3. The van der Waals surface area contributed by atoms with Crippen LogP contribution in [0.1, 0.15) is 16.1 Å². The number of nitro groups is 1. The molecular weight excluding hydrogens is 383 g/mol. The number of fused-ring (bicyclic) bond motifs is 1. The molecule has 0 aliphatic carbocycles. The fourth-order valence-corrected chi connectivity index (χ4v) is 2.69. The van der Waals surface area contributed by atoms with Gasteiger partial charge in [0.15, 0.2) is 5.76 Å². The molecule has 0 aliphatic heterocycles. The molecule has 0 aliphatic rings. The Morgan fingerprint density at radius 3 is 2.75 bits per heavy atom. The predicted molar refractivity (Wildman–Crippen MR) is 89.7 cm³/mol. The number of aryl methyl sites for hydroxylation is 1. The van der Waals surface area contributed by atoms with Gasteiger partial charge in [-0.2, -0.15) is 4.39 Å². The highest BCUT2D eigenvalue weighted by Gasteiger charge is 2.20. The van der Waals surface area contributed by atoms with E-state index in [1.807, 2.05) is 6.07 Å². The summed E-state index contributed by atoms with van der Waals surface area (Å²) in [5, 5.41) is 14.0. The Kier molecular flexibility index (Phi) is 4.06.